The molecule has 1 aromatic carbocycles. The number of alkyl halides is 3. The highest BCUT2D eigenvalue weighted by atomic mass is 19.4. The van der Waals surface area contributed by atoms with Crippen LogP contribution >= 0.6 is 0 Å². The lowest BCUT2D eigenvalue weighted by molar-refractivity contribution is -0.137. The summed E-state index contributed by atoms with van der Waals surface area (Å²) >= 11 is 0. The summed E-state index contributed by atoms with van der Waals surface area (Å²) in [7, 11) is 0. The summed E-state index contributed by atoms with van der Waals surface area (Å²) in [6, 6.07) is 5.61. The van der Waals surface area contributed by atoms with Gasteiger partial charge in [0.1, 0.15) is 11.6 Å². The molecule has 0 aliphatic heterocycles. The van der Waals surface area contributed by atoms with E-state index in [1.165, 1.54) is 12.1 Å². The fourth-order valence-corrected chi connectivity index (χ4v) is 1.71. The number of aromatic nitrogens is 1. The molecule has 0 aliphatic rings. The number of hydrogen-bond acceptors (Lipinski definition) is 3. The molecule has 2 rings (SSSR count). The van der Waals surface area contributed by atoms with E-state index in [1.54, 1.807) is 0 Å². The smallest absolute Gasteiger partial charge is 0.416 e. The third kappa shape index (κ3) is 3.91. The van der Waals surface area contributed by atoms with Crippen LogP contribution in [0, 0.1) is 5.82 Å². The Kier molecular flexibility index (Phi) is 4.42. The lowest BCUT2D eigenvalue weighted by Crippen LogP contribution is -2.05. The summed E-state index contributed by atoms with van der Waals surface area (Å²) in [5.41, 5.74) is 4.87. The normalized spacial score (nSPS) is 11.5. The molecular weight excluding hydrogens is 288 g/mol. The Morgan fingerprint density at radius 2 is 1.90 bits per heavy atom. The first-order valence-corrected chi connectivity index (χ1v) is 6.10. The first kappa shape index (κ1) is 15.2. The summed E-state index contributed by atoms with van der Waals surface area (Å²) in [4.78, 5) is 3.67. The summed E-state index contributed by atoms with van der Waals surface area (Å²) in [6.07, 6.45) is -3.14. The van der Waals surface area contributed by atoms with Crippen LogP contribution in [0.25, 0.3) is 0 Å². The molecular formula is C14H12F4N2O. The van der Waals surface area contributed by atoms with E-state index in [1.807, 2.05) is 0 Å². The van der Waals surface area contributed by atoms with E-state index in [2.05, 4.69) is 4.98 Å². The van der Waals surface area contributed by atoms with Gasteiger partial charge in [-0.1, -0.05) is 6.07 Å². The minimum Gasteiger partial charge on any atom is -0.439 e. The number of nitrogens with two attached hydrogens (primary N) is 1. The van der Waals surface area contributed by atoms with Gasteiger partial charge in [-0.05, 0) is 30.7 Å². The van der Waals surface area contributed by atoms with E-state index < -0.39 is 17.6 Å². The van der Waals surface area contributed by atoms with Gasteiger partial charge in [-0.15, -0.1) is 0 Å². The van der Waals surface area contributed by atoms with Crippen molar-refractivity contribution >= 4 is 0 Å². The van der Waals surface area contributed by atoms with Crippen LogP contribution in [-0.2, 0) is 12.6 Å². The molecule has 21 heavy (non-hydrogen) atoms. The Morgan fingerprint density at radius 1 is 1.14 bits per heavy atom. The van der Waals surface area contributed by atoms with Crippen LogP contribution < -0.4 is 10.5 Å². The highest BCUT2D eigenvalue weighted by molar-refractivity contribution is 5.33. The molecule has 0 atom stereocenters. The van der Waals surface area contributed by atoms with Gasteiger partial charge < -0.3 is 10.5 Å². The number of hydrogen-bond donors (Lipinski definition) is 1. The summed E-state index contributed by atoms with van der Waals surface area (Å²) in [6.45, 7) is 0.298. The average molecular weight is 300 g/mol. The monoisotopic (exact) mass is 300 g/mol. The number of rotatable bonds is 4. The fraction of sp³-hybridized carbons (Fsp3) is 0.214. The molecule has 0 radical (unpaired) electrons. The maximum absolute atomic E-state index is 13.7. The number of nitrogens with zero attached hydrogens (tertiary/aromatic N) is 1. The summed E-state index contributed by atoms with van der Waals surface area (Å²) < 4.78 is 56.5. The van der Waals surface area contributed by atoms with Crippen molar-refractivity contribution < 1.29 is 22.3 Å². The molecule has 2 N–H and O–H groups in total. The van der Waals surface area contributed by atoms with Crippen molar-refractivity contribution in [3.63, 3.8) is 0 Å². The Bertz CT molecular complexity index is 629. The maximum atomic E-state index is 13.7. The maximum Gasteiger partial charge on any atom is 0.416 e. The largest absolute Gasteiger partial charge is 0.439 e. The second-order valence-corrected chi connectivity index (χ2v) is 4.27. The van der Waals surface area contributed by atoms with E-state index in [0.29, 0.717) is 18.5 Å². The molecule has 0 unspecified atom stereocenters. The average Bonchev–Trinajstić information content (AvgIpc) is 2.41. The predicted octanol–water partition coefficient (Wildman–Crippen LogP) is 3.53. The van der Waals surface area contributed by atoms with Gasteiger partial charge in [0.05, 0.1) is 5.56 Å². The second kappa shape index (κ2) is 6.09. The van der Waals surface area contributed by atoms with E-state index >= 15 is 0 Å². The van der Waals surface area contributed by atoms with Crippen molar-refractivity contribution in [2.24, 2.45) is 5.73 Å². The van der Waals surface area contributed by atoms with E-state index in [-0.39, 0.29) is 11.6 Å². The van der Waals surface area contributed by atoms with Gasteiger partial charge >= 0.3 is 6.18 Å². The van der Waals surface area contributed by atoms with Crippen LogP contribution in [0.4, 0.5) is 17.6 Å². The van der Waals surface area contributed by atoms with Crippen molar-refractivity contribution in [2.75, 3.05) is 6.54 Å². The molecule has 1 aromatic heterocycles. The van der Waals surface area contributed by atoms with E-state index in [4.69, 9.17) is 10.5 Å². The first-order chi connectivity index (χ1) is 9.90. The second-order valence-electron chi connectivity index (χ2n) is 4.27. The van der Waals surface area contributed by atoms with Gasteiger partial charge in [0, 0.05) is 18.3 Å². The minimum atomic E-state index is -4.49. The summed E-state index contributed by atoms with van der Waals surface area (Å²) in [5, 5.41) is 0. The Balaban J connectivity index is 2.20. The number of benzene rings is 1. The fourth-order valence-electron chi connectivity index (χ4n) is 1.71. The molecule has 0 fully saturated rings. The first-order valence-electron chi connectivity index (χ1n) is 6.10. The lowest BCUT2D eigenvalue weighted by Gasteiger charge is -2.10. The molecule has 0 spiro atoms. The van der Waals surface area contributed by atoms with Gasteiger partial charge in [0.15, 0.2) is 0 Å². The van der Waals surface area contributed by atoms with Crippen molar-refractivity contribution in [1.29, 1.82) is 0 Å². The zero-order chi connectivity index (χ0) is 15.5. The van der Waals surface area contributed by atoms with Crippen LogP contribution in [0.2, 0.25) is 0 Å². The Hall–Kier alpha value is -2.15. The third-order valence-corrected chi connectivity index (χ3v) is 2.72. The topological polar surface area (TPSA) is 48.1 Å². The lowest BCUT2D eigenvalue weighted by atomic mass is 10.1. The number of ether oxygens (including phenoxy) is 1. The molecule has 0 aliphatic carbocycles. The Labute approximate surface area is 118 Å². The molecule has 0 saturated heterocycles. The molecule has 7 heteroatoms. The van der Waals surface area contributed by atoms with Crippen LogP contribution in [0.5, 0.6) is 11.6 Å². The molecule has 0 amide bonds. The Morgan fingerprint density at radius 3 is 2.52 bits per heavy atom. The van der Waals surface area contributed by atoms with Crippen LogP contribution in [-0.4, -0.2) is 11.5 Å². The summed E-state index contributed by atoms with van der Waals surface area (Å²) in [5.74, 6) is -0.708. The van der Waals surface area contributed by atoms with Crippen LogP contribution in [0.3, 0.4) is 0 Å². The standard InChI is InChI=1S/C14H12F4N2O/c15-12-8-11(2-1-9(12)3-5-19)21-13-7-10(4-6-20-13)14(16,17)18/h1-2,4,6-8H,3,5,19H2. The van der Waals surface area contributed by atoms with Crippen molar-refractivity contribution in [3.05, 3.63) is 53.5 Å². The molecule has 0 bridgehead atoms. The zero-order valence-electron chi connectivity index (χ0n) is 10.8. The molecule has 1 heterocycles. The number of halogens is 4. The zero-order valence-corrected chi connectivity index (χ0v) is 10.8. The van der Waals surface area contributed by atoms with Crippen LogP contribution in [0.15, 0.2) is 36.5 Å². The van der Waals surface area contributed by atoms with Crippen LogP contribution in [0.1, 0.15) is 11.1 Å². The van der Waals surface area contributed by atoms with Gasteiger partial charge in [0.25, 0.3) is 0 Å². The molecule has 3 nitrogen and oxygen atoms in total. The highest BCUT2D eigenvalue weighted by Gasteiger charge is 2.31. The van der Waals surface area contributed by atoms with Gasteiger partial charge in [0.2, 0.25) is 5.88 Å². The SMILES string of the molecule is NCCc1ccc(Oc2cc(C(F)(F)F)ccn2)cc1F. The third-order valence-electron chi connectivity index (χ3n) is 2.72. The van der Waals surface area contributed by atoms with E-state index in [9.17, 15) is 17.6 Å². The molecule has 2 aromatic rings. The molecule has 0 saturated carbocycles. The highest BCUT2D eigenvalue weighted by Crippen LogP contribution is 2.31. The van der Waals surface area contributed by atoms with Gasteiger partial charge in [-0.3, -0.25) is 0 Å². The minimum absolute atomic E-state index is 0.0695. The van der Waals surface area contributed by atoms with Gasteiger partial charge in [-0.25, -0.2) is 9.37 Å². The predicted molar refractivity (Wildman–Crippen MR) is 68.5 cm³/mol. The van der Waals surface area contributed by atoms with Crippen molar-refractivity contribution in [3.8, 4) is 11.6 Å². The number of pyridine rings is 1. The van der Waals surface area contributed by atoms with Crippen molar-refractivity contribution in [2.45, 2.75) is 12.6 Å². The quantitative estimate of drug-likeness (QED) is 0.879. The molecule has 112 valence electrons. The van der Waals surface area contributed by atoms with Gasteiger partial charge in [-0.2, -0.15) is 13.2 Å². The van der Waals surface area contributed by atoms with E-state index in [0.717, 1.165) is 24.4 Å². The van der Waals surface area contributed by atoms with Crippen molar-refractivity contribution in [1.82, 2.24) is 4.98 Å².